The van der Waals surface area contributed by atoms with Gasteiger partial charge < -0.3 is 10.6 Å². The molecule has 0 amide bonds. The van der Waals surface area contributed by atoms with Crippen LogP contribution in [0.25, 0.3) is 0 Å². The third kappa shape index (κ3) is 4.35. The molecule has 0 aliphatic heterocycles. The second-order valence-electron chi connectivity index (χ2n) is 4.15. The molecule has 3 nitrogen and oxygen atoms in total. The summed E-state index contributed by atoms with van der Waals surface area (Å²) in [6, 6.07) is 8.29. The molecule has 0 bridgehead atoms. The van der Waals surface area contributed by atoms with Crippen molar-refractivity contribution in [3.63, 3.8) is 0 Å². The van der Waals surface area contributed by atoms with Crippen LogP contribution in [-0.4, -0.2) is 23.9 Å². The average Bonchev–Trinajstić information content (AvgIpc) is 3.09. The third-order valence-corrected chi connectivity index (χ3v) is 3.00. The summed E-state index contributed by atoms with van der Waals surface area (Å²) in [7, 11) is 1.99. The molecule has 1 fully saturated rings. The van der Waals surface area contributed by atoms with E-state index in [9.17, 15) is 0 Å². The summed E-state index contributed by atoms with van der Waals surface area (Å²) in [4.78, 5) is 6.40. The number of rotatable bonds is 3. The van der Waals surface area contributed by atoms with Crippen LogP contribution in [0.1, 0.15) is 18.4 Å². The summed E-state index contributed by atoms with van der Waals surface area (Å²) in [6.45, 7) is 0.587. The Morgan fingerprint density at radius 1 is 1.53 bits per heavy atom. The predicted molar refractivity (Wildman–Crippen MR) is 83.0 cm³/mol. The monoisotopic (exact) mass is 365 g/mol. The van der Waals surface area contributed by atoms with Crippen LogP contribution in [0, 0.1) is 0 Å². The van der Waals surface area contributed by atoms with Gasteiger partial charge in [-0.05, 0) is 30.5 Å². The molecule has 0 unspecified atom stereocenters. The molecule has 1 saturated carbocycles. The molecular weight excluding hydrogens is 349 g/mol. The van der Waals surface area contributed by atoms with Crippen LogP contribution in [0.3, 0.4) is 0 Å². The fourth-order valence-corrected chi connectivity index (χ4v) is 1.78. The normalized spacial score (nSPS) is 15.3. The molecule has 1 aliphatic rings. The zero-order chi connectivity index (χ0) is 11.5. The van der Waals surface area contributed by atoms with E-state index in [2.05, 4.69) is 4.99 Å². The number of aliphatic imine (C=N–C) groups is 1. The van der Waals surface area contributed by atoms with Crippen LogP contribution in [0.4, 0.5) is 0 Å². The molecule has 1 aliphatic carbocycles. The van der Waals surface area contributed by atoms with E-state index in [0.29, 0.717) is 18.5 Å². The van der Waals surface area contributed by atoms with Crippen LogP contribution in [0.15, 0.2) is 29.3 Å². The minimum atomic E-state index is 0. The molecule has 0 atom stereocenters. The number of guanidine groups is 1. The maximum absolute atomic E-state index is 5.89. The van der Waals surface area contributed by atoms with E-state index >= 15 is 0 Å². The smallest absolute Gasteiger partial charge is 0.191 e. The highest BCUT2D eigenvalue weighted by molar-refractivity contribution is 14.0. The van der Waals surface area contributed by atoms with Crippen molar-refractivity contribution in [1.82, 2.24) is 4.90 Å². The van der Waals surface area contributed by atoms with E-state index in [4.69, 9.17) is 17.3 Å². The number of benzene rings is 1. The first-order valence-corrected chi connectivity index (χ1v) is 5.82. The summed E-state index contributed by atoms with van der Waals surface area (Å²) >= 11 is 5.89. The van der Waals surface area contributed by atoms with Crippen molar-refractivity contribution < 1.29 is 0 Å². The Kier molecular flexibility index (Phi) is 5.52. The molecule has 2 rings (SSSR count). The van der Waals surface area contributed by atoms with Crippen molar-refractivity contribution in [2.75, 3.05) is 7.05 Å². The van der Waals surface area contributed by atoms with Gasteiger partial charge >= 0.3 is 0 Å². The van der Waals surface area contributed by atoms with Crippen molar-refractivity contribution >= 4 is 41.5 Å². The first-order valence-electron chi connectivity index (χ1n) is 5.44. The van der Waals surface area contributed by atoms with E-state index in [1.165, 1.54) is 12.8 Å². The van der Waals surface area contributed by atoms with Crippen LogP contribution in [0.5, 0.6) is 0 Å². The Balaban J connectivity index is 0.00000144. The lowest BCUT2D eigenvalue weighted by atomic mass is 10.2. The topological polar surface area (TPSA) is 41.6 Å². The number of hydrogen-bond acceptors (Lipinski definition) is 1. The third-order valence-electron chi connectivity index (χ3n) is 2.77. The highest BCUT2D eigenvalue weighted by Gasteiger charge is 2.27. The van der Waals surface area contributed by atoms with Crippen molar-refractivity contribution in [1.29, 1.82) is 0 Å². The van der Waals surface area contributed by atoms with Gasteiger partial charge in [0, 0.05) is 18.1 Å². The lowest BCUT2D eigenvalue weighted by molar-refractivity contribution is 0.487. The molecule has 17 heavy (non-hydrogen) atoms. The lowest BCUT2D eigenvalue weighted by Crippen LogP contribution is -2.35. The molecule has 1 aromatic rings. The van der Waals surface area contributed by atoms with Gasteiger partial charge in [-0.1, -0.05) is 23.7 Å². The summed E-state index contributed by atoms with van der Waals surface area (Å²) in [6.07, 6.45) is 2.45. The van der Waals surface area contributed by atoms with Crippen molar-refractivity contribution in [2.45, 2.75) is 25.4 Å². The maximum Gasteiger partial charge on any atom is 0.191 e. The zero-order valence-corrected chi connectivity index (χ0v) is 12.9. The number of nitrogens with two attached hydrogens (primary N) is 1. The van der Waals surface area contributed by atoms with Gasteiger partial charge in [-0.3, -0.25) is 0 Å². The highest BCUT2D eigenvalue weighted by atomic mass is 127. The van der Waals surface area contributed by atoms with Crippen LogP contribution in [-0.2, 0) is 6.54 Å². The van der Waals surface area contributed by atoms with Gasteiger partial charge in [0.25, 0.3) is 0 Å². The number of halogens is 2. The molecule has 0 radical (unpaired) electrons. The Bertz CT molecular complexity index is 404. The molecule has 0 aromatic heterocycles. The van der Waals surface area contributed by atoms with Crippen molar-refractivity contribution in [3.8, 4) is 0 Å². The van der Waals surface area contributed by atoms with Gasteiger partial charge in [0.2, 0.25) is 0 Å². The highest BCUT2D eigenvalue weighted by Crippen LogP contribution is 2.24. The molecule has 0 heterocycles. The second-order valence-corrected chi connectivity index (χ2v) is 4.58. The lowest BCUT2D eigenvalue weighted by Gasteiger charge is -2.16. The number of hydrogen-bond donors (Lipinski definition) is 1. The van der Waals surface area contributed by atoms with Gasteiger partial charge in [-0.15, -0.1) is 24.0 Å². The molecule has 5 heteroatoms. The molecule has 0 spiro atoms. The fraction of sp³-hybridized carbons (Fsp3) is 0.417. The molecule has 1 aromatic carbocycles. The minimum Gasteiger partial charge on any atom is -0.370 e. The molecule has 94 valence electrons. The van der Waals surface area contributed by atoms with Gasteiger partial charge in [0.1, 0.15) is 0 Å². The van der Waals surface area contributed by atoms with E-state index < -0.39 is 0 Å². The fourth-order valence-electron chi connectivity index (χ4n) is 1.57. The Morgan fingerprint density at radius 2 is 2.24 bits per heavy atom. The standard InChI is InChI=1S/C12H16ClN3.HI/c1-16(11-5-6-11)12(14)15-8-9-3-2-4-10(13)7-9;/h2-4,7,11H,5-6,8H2,1H3,(H2,14,15);1H. The van der Waals surface area contributed by atoms with Gasteiger partial charge in [0.15, 0.2) is 5.96 Å². The quantitative estimate of drug-likeness (QED) is 0.508. The van der Waals surface area contributed by atoms with Gasteiger partial charge in [-0.2, -0.15) is 0 Å². The summed E-state index contributed by atoms with van der Waals surface area (Å²) in [5.41, 5.74) is 6.97. The second kappa shape index (κ2) is 6.44. The Hall–Kier alpha value is -0.490. The first kappa shape index (κ1) is 14.6. The molecule has 0 saturated heterocycles. The van der Waals surface area contributed by atoms with E-state index in [1.807, 2.05) is 36.2 Å². The Labute approximate surface area is 124 Å². The minimum absolute atomic E-state index is 0. The maximum atomic E-state index is 5.89. The van der Waals surface area contributed by atoms with Crippen LogP contribution in [0.2, 0.25) is 5.02 Å². The van der Waals surface area contributed by atoms with Gasteiger partial charge in [-0.25, -0.2) is 4.99 Å². The van der Waals surface area contributed by atoms with E-state index in [1.54, 1.807) is 0 Å². The van der Waals surface area contributed by atoms with Crippen LogP contribution >= 0.6 is 35.6 Å². The van der Waals surface area contributed by atoms with E-state index in [0.717, 1.165) is 10.6 Å². The summed E-state index contributed by atoms with van der Waals surface area (Å²) in [5.74, 6) is 0.613. The molecule has 2 N–H and O–H groups in total. The number of nitrogens with zero attached hydrogens (tertiary/aromatic N) is 2. The summed E-state index contributed by atoms with van der Waals surface area (Å²) < 4.78 is 0. The van der Waals surface area contributed by atoms with Crippen LogP contribution < -0.4 is 5.73 Å². The van der Waals surface area contributed by atoms with E-state index in [-0.39, 0.29) is 24.0 Å². The summed E-state index contributed by atoms with van der Waals surface area (Å²) in [5, 5.41) is 0.738. The zero-order valence-electron chi connectivity index (χ0n) is 9.77. The first-order chi connectivity index (χ1) is 7.66. The van der Waals surface area contributed by atoms with Crippen molar-refractivity contribution in [2.24, 2.45) is 10.7 Å². The Morgan fingerprint density at radius 3 is 2.82 bits per heavy atom. The van der Waals surface area contributed by atoms with Crippen molar-refractivity contribution in [3.05, 3.63) is 34.9 Å². The average molecular weight is 366 g/mol. The predicted octanol–water partition coefficient (Wildman–Crippen LogP) is 2.87. The van der Waals surface area contributed by atoms with Gasteiger partial charge in [0.05, 0.1) is 6.54 Å². The molecular formula is C12H17ClIN3. The largest absolute Gasteiger partial charge is 0.370 e. The SMILES string of the molecule is CN(C(N)=NCc1cccc(Cl)c1)C1CC1.I.